The summed E-state index contributed by atoms with van der Waals surface area (Å²) in [4.78, 5) is 25.0. The number of hydrogen-bond acceptors (Lipinski definition) is 4. The fraction of sp³-hybridized carbons (Fsp3) is 0.182. The van der Waals surface area contributed by atoms with Crippen molar-refractivity contribution in [2.75, 3.05) is 12.4 Å². The first-order chi connectivity index (χ1) is 13.5. The quantitative estimate of drug-likeness (QED) is 0.535. The molecule has 0 radical (unpaired) electrons. The Hall–Kier alpha value is -3.54. The van der Waals surface area contributed by atoms with Crippen LogP contribution >= 0.6 is 0 Å². The summed E-state index contributed by atoms with van der Waals surface area (Å²) < 4.78 is 12.4. The van der Waals surface area contributed by atoms with E-state index in [1.165, 1.54) is 7.11 Å². The summed E-state index contributed by atoms with van der Waals surface area (Å²) >= 11 is 0. The molecule has 0 saturated carbocycles. The van der Waals surface area contributed by atoms with Gasteiger partial charge < -0.3 is 19.0 Å². The number of nitrogens with one attached hydrogen (secondary N) is 1. The van der Waals surface area contributed by atoms with E-state index < -0.39 is 5.97 Å². The molecule has 0 atom stereocenters. The summed E-state index contributed by atoms with van der Waals surface area (Å²) in [5.41, 5.74) is 5.18. The number of aryl methyl sites for hydroxylation is 2. The highest BCUT2D eigenvalue weighted by Gasteiger charge is 2.22. The molecule has 142 valence electrons. The van der Waals surface area contributed by atoms with Crippen molar-refractivity contribution in [2.24, 2.45) is 0 Å². The van der Waals surface area contributed by atoms with Crippen molar-refractivity contribution >= 4 is 39.6 Å². The fourth-order valence-electron chi connectivity index (χ4n) is 3.35. The Morgan fingerprint density at radius 2 is 1.82 bits per heavy atom. The van der Waals surface area contributed by atoms with Crippen molar-refractivity contribution in [2.45, 2.75) is 20.4 Å². The molecular weight excluding hydrogens is 356 g/mol. The largest absolute Gasteiger partial charge is 0.464 e. The maximum Gasteiger partial charge on any atom is 0.354 e. The molecule has 0 aliphatic rings. The van der Waals surface area contributed by atoms with Crippen LogP contribution in [0.1, 0.15) is 21.6 Å². The molecule has 0 unspecified atom stereocenters. The molecule has 0 spiro atoms. The van der Waals surface area contributed by atoms with Gasteiger partial charge in [0.2, 0.25) is 5.91 Å². The minimum Gasteiger partial charge on any atom is -0.464 e. The lowest BCUT2D eigenvalue weighted by Gasteiger charge is -2.11. The van der Waals surface area contributed by atoms with E-state index in [0.29, 0.717) is 22.4 Å². The number of furan rings is 1. The molecule has 4 aromatic rings. The zero-order chi connectivity index (χ0) is 19.8. The van der Waals surface area contributed by atoms with Crippen molar-refractivity contribution < 1.29 is 18.7 Å². The highest BCUT2D eigenvalue weighted by Crippen LogP contribution is 2.31. The maximum absolute atomic E-state index is 12.7. The first kappa shape index (κ1) is 17.9. The number of para-hydroxylation sites is 1. The molecule has 4 rings (SSSR count). The van der Waals surface area contributed by atoms with Crippen LogP contribution in [0.3, 0.4) is 0 Å². The maximum atomic E-state index is 12.7. The topological polar surface area (TPSA) is 73.5 Å². The number of aromatic nitrogens is 1. The lowest BCUT2D eigenvalue weighted by Crippen LogP contribution is -2.21. The zero-order valence-electron chi connectivity index (χ0n) is 15.9. The number of fused-ring (bicyclic) bond motifs is 3. The highest BCUT2D eigenvalue weighted by atomic mass is 16.5. The highest BCUT2D eigenvalue weighted by molar-refractivity contribution is 6.07. The van der Waals surface area contributed by atoms with Crippen LogP contribution < -0.4 is 5.32 Å². The smallest absolute Gasteiger partial charge is 0.354 e. The summed E-state index contributed by atoms with van der Waals surface area (Å²) in [5.74, 6) is -0.759. The van der Waals surface area contributed by atoms with Gasteiger partial charge in [-0.15, -0.1) is 0 Å². The van der Waals surface area contributed by atoms with Crippen LogP contribution in [0.5, 0.6) is 0 Å². The molecule has 0 aliphatic heterocycles. The number of carbonyl (C=O) groups is 2. The number of carbonyl (C=O) groups excluding carboxylic acids is 2. The van der Waals surface area contributed by atoms with Gasteiger partial charge in [-0.25, -0.2) is 4.79 Å². The molecule has 1 N–H and O–H groups in total. The summed E-state index contributed by atoms with van der Waals surface area (Å²) in [6.07, 6.45) is 0. The fourth-order valence-corrected chi connectivity index (χ4v) is 3.35. The van der Waals surface area contributed by atoms with Crippen molar-refractivity contribution in [3.8, 4) is 0 Å². The average molecular weight is 376 g/mol. The first-order valence-electron chi connectivity index (χ1n) is 8.94. The van der Waals surface area contributed by atoms with E-state index in [-0.39, 0.29) is 18.1 Å². The van der Waals surface area contributed by atoms with Crippen molar-refractivity contribution in [1.29, 1.82) is 0 Å². The number of nitrogens with zero attached hydrogens (tertiary/aromatic N) is 1. The number of hydrogen-bond donors (Lipinski definition) is 1. The van der Waals surface area contributed by atoms with Gasteiger partial charge in [0.1, 0.15) is 17.8 Å². The van der Waals surface area contributed by atoms with Gasteiger partial charge in [0, 0.05) is 17.1 Å². The standard InChI is InChI=1S/C22H20N2O4/c1-13-8-9-15(10-14(13)2)23-20(25)12-24-17(22(26)27-3)11-19-21(24)16-6-4-5-7-18(16)28-19/h4-11H,12H2,1-3H3,(H,23,25). The third-order valence-corrected chi connectivity index (χ3v) is 4.91. The molecular formula is C22H20N2O4. The van der Waals surface area contributed by atoms with E-state index in [0.717, 1.165) is 16.5 Å². The number of benzene rings is 2. The Bertz CT molecular complexity index is 1220. The van der Waals surface area contributed by atoms with Gasteiger partial charge in [0.05, 0.1) is 12.6 Å². The minimum absolute atomic E-state index is 0.0373. The molecule has 0 saturated heterocycles. The Morgan fingerprint density at radius 3 is 2.57 bits per heavy atom. The van der Waals surface area contributed by atoms with Crippen molar-refractivity contribution in [3.05, 3.63) is 65.4 Å². The average Bonchev–Trinajstić information content (AvgIpc) is 3.21. The molecule has 0 fully saturated rings. The van der Waals surface area contributed by atoms with Crippen LogP contribution in [0.2, 0.25) is 0 Å². The van der Waals surface area contributed by atoms with E-state index in [1.807, 2.05) is 56.3 Å². The molecule has 28 heavy (non-hydrogen) atoms. The molecule has 1 amide bonds. The van der Waals surface area contributed by atoms with Gasteiger partial charge in [-0.2, -0.15) is 0 Å². The lowest BCUT2D eigenvalue weighted by atomic mass is 10.1. The van der Waals surface area contributed by atoms with E-state index in [2.05, 4.69) is 5.32 Å². The van der Waals surface area contributed by atoms with Gasteiger partial charge in [-0.3, -0.25) is 4.79 Å². The number of ether oxygens (including phenoxy) is 1. The van der Waals surface area contributed by atoms with Crippen LogP contribution in [0.25, 0.3) is 22.1 Å². The molecule has 2 aromatic heterocycles. The number of rotatable bonds is 4. The third kappa shape index (κ3) is 3.03. The van der Waals surface area contributed by atoms with Gasteiger partial charge >= 0.3 is 5.97 Å². The summed E-state index contributed by atoms with van der Waals surface area (Å²) in [6.45, 7) is 3.97. The predicted octanol–water partition coefficient (Wildman–Crippen LogP) is 4.43. The van der Waals surface area contributed by atoms with E-state index in [9.17, 15) is 9.59 Å². The normalized spacial score (nSPS) is 11.1. The summed E-state index contributed by atoms with van der Waals surface area (Å²) in [6, 6.07) is 14.9. The van der Waals surface area contributed by atoms with Gasteiger partial charge in [-0.05, 0) is 49.2 Å². The Kier molecular flexibility index (Phi) is 4.39. The zero-order valence-corrected chi connectivity index (χ0v) is 15.9. The van der Waals surface area contributed by atoms with Crippen LogP contribution in [-0.2, 0) is 16.1 Å². The monoisotopic (exact) mass is 376 g/mol. The van der Waals surface area contributed by atoms with E-state index >= 15 is 0 Å². The molecule has 6 heteroatoms. The summed E-state index contributed by atoms with van der Waals surface area (Å²) in [7, 11) is 1.31. The van der Waals surface area contributed by atoms with Crippen molar-refractivity contribution in [1.82, 2.24) is 4.57 Å². The van der Waals surface area contributed by atoms with E-state index in [1.54, 1.807) is 10.6 Å². The number of methoxy groups -OCH3 is 1. The number of anilines is 1. The van der Waals surface area contributed by atoms with Crippen LogP contribution in [0.15, 0.2) is 52.9 Å². The van der Waals surface area contributed by atoms with E-state index in [4.69, 9.17) is 9.15 Å². The number of esters is 1. The molecule has 2 heterocycles. The second-order valence-corrected chi connectivity index (χ2v) is 6.77. The van der Waals surface area contributed by atoms with Crippen LogP contribution in [-0.4, -0.2) is 23.6 Å². The van der Waals surface area contributed by atoms with Crippen LogP contribution in [0.4, 0.5) is 5.69 Å². The lowest BCUT2D eigenvalue weighted by molar-refractivity contribution is -0.116. The van der Waals surface area contributed by atoms with Crippen molar-refractivity contribution in [3.63, 3.8) is 0 Å². The predicted molar refractivity (Wildman–Crippen MR) is 108 cm³/mol. The van der Waals surface area contributed by atoms with Crippen LogP contribution in [0, 0.1) is 13.8 Å². The molecule has 6 nitrogen and oxygen atoms in total. The molecule has 0 aliphatic carbocycles. The van der Waals surface area contributed by atoms with Gasteiger partial charge in [0.15, 0.2) is 5.58 Å². The SMILES string of the molecule is COC(=O)c1cc2oc3ccccc3c2n1CC(=O)Nc1ccc(C)c(C)c1. The Labute approximate surface area is 161 Å². The second-order valence-electron chi connectivity index (χ2n) is 6.77. The van der Waals surface area contributed by atoms with Gasteiger partial charge in [0.25, 0.3) is 0 Å². The molecule has 2 aromatic carbocycles. The minimum atomic E-state index is -0.519. The number of amides is 1. The van der Waals surface area contributed by atoms with Gasteiger partial charge in [-0.1, -0.05) is 18.2 Å². The second kappa shape index (κ2) is 6.88. The molecule has 0 bridgehead atoms. The third-order valence-electron chi connectivity index (χ3n) is 4.91. The Balaban J connectivity index is 1.74. The summed E-state index contributed by atoms with van der Waals surface area (Å²) in [5, 5.41) is 3.73. The first-order valence-corrected chi connectivity index (χ1v) is 8.94. The Morgan fingerprint density at radius 1 is 1.04 bits per heavy atom.